The first-order chi connectivity index (χ1) is 14.4. The van der Waals surface area contributed by atoms with Crippen molar-refractivity contribution in [1.29, 1.82) is 0 Å². The van der Waals surface area contributed by atoms with Crippen molar-refractivity contribution < 1.29 is 13.2 Å². The molecule has 2 aromatic rings. The van der Waals surface area contributed by atoms with Gasteiger partial charge in [-0.25, -0.2) is 8.42 Å². The Morgan fingerprint density at radius 1 is 1.00 bits per heavy atom. The van der Waals surface area contributed by atoms with Crippen LogP contribution in [0.1, 0.15) is 13.3 Å². The molecule has 0 aliphatic carbocycles. The number of nitrogens with zero attached hydrogens (tertiary/aromatic N) is 2. The monoisotopic (exact) mass is 427 g/mol. The third kappa shape index (κ3) is 4.74. The molecule has 2 atom stereocenters. The number of anilines is 1. The SMILES string of the molecule is C[C@@H](C(=O)Nc1ccccc1-c1ccccc1)N1CCN([C@H]2CCS(=O)(=O)C2)CC1. The van der Waals surface area contributed by atoms with Gasteiger partial charge in [-0.3, -0.25) is 14.6 Å². The molecule has 2 saturated heterocycles. The van der Waals surface area contributed by atoms with Crippen LogP contribution >= 0.6 is 0 Å². The van der Waals surface area contributed by atoms with Crippen LogP contribution in [0, 0.1) is 0 Å². The molecule has 1 N–H and O–H groups in total. The third-order valence-electron chi connectivity index (χ3n) is 6.27. The lowest BCUT2D eigenvalue weighted by Crippen LogP contribution is -2.55. The van der Waals surface area contributed by atoms with E-state index in [2.05, 4.69) is 15.1 Å². The first-order valence-electron chi connectivity index (χ1n) is 10.6. The molecule has 0 saturated carbocycles. The topological polar surface area (TPSA) is 69.7 Å². The first kappa shape index (κ1) is 21.0. The minimum absolute atomic E-state index is 0.0183. The van der Waals surface area contributed by atoms with E-state index in [1.165, 1.54) is 0 Å². The molecule has 6 nitrogen and oxygen atoms in total. The minimum atomic E-state index is -2.87. The fourth-order valence-corrected chi connectivity index (χ4v) is 6.18. The molecule has 1 amide bonds. The average molecular weight is 428 g/mol. The van der Waals surface area contributed by atoms with Crippen LogP contribution in [-0.4, -0.2) is 73.9 Å². The highest BCUT2D eigenvalue weighted by molar-refractivity contribution is 7.91. The van der Waals surface area contributed by atoms with E-state index in [4.69, 9.17) is 0 Å². The number of piperazine rings is 1. The van der Waals surface area contributed by atoms with E-state index in [0.29, 0.717) is 5.75 Å². The van der Waals surface area contributed by atoms with Crippen LogP contribution < -0.4 is 5.32 Å². The van der Waals surface area contributed by atoms with E-state index >= 15 is 0 Å². The normalized spacial score (nSPS) is 23.2. The Bertz CT molecular complexity index is 986. The summed E-state index contributed by atoms with van der Waals surface area (Å²) in [5.41, 5.74) is 2.89. The zero-order valence-electron chi connectivity index (χ0n) is 17.3. The van der Waals surface area contributed by atoms with Crippen LogP contribution in [0.5, 0.6) is 0 Å². The minimum Gasteiger partial charge on any atom is -0.324 e. The van der Waals surface area contributed by atoms with Gasteiger partial charge in [0.05, 0.1) is 17.5 Å². The van der Waals surface area contributed by atoms with Crippen LogP contribution in [0.25, 0.3) is 11.1 Å². The quantitative estimate of drug-likeness (QED) is 0.794. The number of amides is 1. The van der Waals surface area contributed by atoms with Gasteiger partial charge in [-0.1, -0.05) is 48.5 Å². The maximum atomic E-state index is 13.0. The molecule has 7 heteroatoms. The molecule has 0 radical (unpaired) electrons. The van der Waals surface area contributed by atoms with Crippen molar-refractivity contribution in [3.8, 4) is 11.1 Å². The molecule has 30 heavy (non-hydrogen) atoms. The number of hydrogen-bond acceptors (Lipinski definition) is 5. The Hall–Kier alpha value is -2.22. The van der Waals surface area contributed by atoms with Gasteiger partial charge in [-0.15, -0.1) is 0 Å². The molecule has 4 rings (SSSR count). The summed E-state index contributed by atoms with van der Waals surface area (Å²) in [6.07, 6.45) is 0.731. The molecule has 160 valence electrons. The van der Waals surface area contributed by atoms with E-state index < -0.39 is 9.84 Å². The van der Waals surface area contributed by atoms with E-state index in [9.17, 15) is 13.2 Å². The predicted molar refractivity (Wildman–Crippen MR) is 120 cm³/mol. The molecule has 2 aliphatic heterocycles. The molecule has 0 unspecified atom stereocenters. The van der Waals surface area contributed by atoms with Gasteiger partial charge in [0.2, 0.25) is 5.91 Å². The summed E-state index contributed by atoms with van der Waals surface area (Å²) in [7, 11) is -2.87. The smallest absolute Gasteiger partial charge is 0.241 e. The predicted octanol–water partition coefficient (Wildman–Crippen LogP) is 2.49. The molecular weight excluding hydrogens is 398 g/mol. The van der Waals surface area contributed by atoms with E-state index in [1.54, 1.807) is 0 Å². The molecule has 2 aromatic carbocycles. The van der Waals surface area contributed by atoms with Crippen LogP contribution in [-0.2, 0) is 14.6 Å². The van der Waals surface area contributed by atoms with Gasteiger partial charge in [-0.05, 0) is 25.0 Å². The fraction of sp³-hybridized carbons (Fsp3) is 0.435. The lowest BCUT2D eigenvalue weighted by molar-refractivity contribution is -0.121. The Labute approximate surface area is 178 Å². The maximum absolute atomic E-state index is 13.0. The Balaban J connectivity index is 1.36. The summed E-state index contributed by atoms with van der Waals surface area (Å²) in [5, 5.41) is 3.11. The van der Waals surface area contributed by atoms with Crippen LogP contribution in [0.2, 0.25) is 0 Å². The summed E-state index contributed by atoms with van der Waals surface area (Å²) >= 11 is 0. The van der Waals surface area contributed by atoms with Gasteiger partial charge in [0, 0.05) is 43.5 Å². The van der Waals surface area contributed by atoms with Gasteiger partial charge >= 0.3 is 0 Å². The maximum Gasteiger partial charge on any atom is 0.241 e. The summed E-state index contributed by atoms with van der Waals surface area (Å²) in [6.45, 7) is 5.09. The summed E-state index contributed by atoms with van der Waals surface area (Å²) < 4.78 is 23.5. The van der Waals surface area contributed by atoms with Gasteiger partial charge in [0.15, 0.2) is 9.84 Å². The van der Waals surface area contributed by atoms with Crippen molar-refractivity contribution in [2.24, 2.45) is 0 Å². The van der Waals surface area contributed by atoms with Gasteiger partial charge in [0.25, 0.3) is 0 Å². The standard InChI is InChI=1S/C23H29N3O3S/c1-18(25-12-14-26(15-13-25)20-11-16-30(28,29)17-20)23(27)24-22-10-6-5-9-21(22)19-7-3-2-4-8-19/h2-10,18,20H,11-17H2,1H3,(H,24,27)/t18-,20-/m0/s1. The number of hydrogen-bond donors (Lipinski definition) is 1. The summed E-state index contributed by atoms with van der Waals surface area (Å²) in [6, 6.07) is 17.8. The van der Waals surface area contributed by atoms with Crippen molar-refractivity contribution in [3.05, 3.63) is 54.6 Å². The molecule has 2 aliphatic rings. The largest absolute Gasteiger partial charge is 0.324 e. The summed E-state index contributed by atoms with van der Waals surface area (Å²) in [4.78, 5) is 17.4. The molecule has 0 aromatic heterocycles. The molecule has 2 fully saturated rings. The Morgan fingerprint density at radius 2 is 1.67 bits per heavy atom. The molecule has 2 heterocycles. The van der Waals surface area contributed by atoms with Gasteiger partial charge < -0.3 is 5.32 Å². The second-order valence-electron chi connectivity index (χ2n) is 8.21. The highest BCUT2D eigenvalue weighted by Crippen LogP contribution is 2.28. The van der Waals surface area contributed by atoms with Crippen molar-refractivity contribution >= 4 is 21.4 Å². The van der Waals surface area contributed by atoms with Crippen LogP contribution in [0.4, 0.5) is 5.69 Å². The number of sulfone groups is 1. The van der Waals surface area contributed by atoms with Crippen molar-refractivity contribution in [1.82, 2.24) is 9.80 Å². The number of carbonyl (C=O) groups is 1. The average Bonchev–Trinajstić information content (AvgIpc) is 3.14. The number of nitrogens with one attached hydrogen (secondary N) is 1. The van der Waals surface area contributed by atoms with E-state index in [1.807, 2.05) is 61.5 Å². The van der Waals surface area contributed by atoms with Gasteiger partial charge in [0.1, 0.15) is 0 Å². The highest BCUT2D eigenvalue weighted by atomic mass is 32.2. The highest BCUT2D eigenvalue weighted by Gasteiger charge is 2.35. The zero-order chi connectivity index (χ0) is 21.1. The van der Waals surface area contributed by atoms with Gasteiger partial charge in [-0.2, -0.15) is 0 Å². The number of rotatable bonds is 5. The van der Waals surface area contributed by atoms with E-state index in [0.717, 1.165) is 49.4 Å². The van der Waals surface area contributed by atoms with Crippen LogP contribution in [0.15, 0.2) is 54.6 Å². The molecule has 0 spiro atoms. The lowest BCUT2D eigenvalue weighted by atomic mass is 10.0. The van der Waals surface area contributed by atoms with Crippen LogP contribution in [0.3, 0.4) is 0 Å². The Kier molecular flexibility index (Phi) is 6.22. The Morgan fingerprint density at radius 3 is 2.33 bits per heavy atom. The molecular formula is C23H29N3O3S. The van der Waals surface area contributed by atoms with Crippen molar-refractivity contribution in [3.63, 3.8) is 0 Å². The van der Waals surface area contributed by atoms with Crippen molar-refractivity contribution in [2.45, 2.75) is 25.4 Å². The summed E-state index contributed by atoms with van der Waals surface area (Å²) in [5.74, 6) is 0.562. The van der Waals surface area contributed by atoms with Crippen molar-refractivity contribution in [2.75, 3.05) is 43.0 Å². The van der Waals surface area contributed by atoms with E-state index in [-0.39, 0.29) is 23.7 Å². The fourth-order valence-electron chi connectivity index (χ4n) is 4.42. The number of benzene rings is 2. The first-order valence-corrected chi connectivity index (χ1v) is 12.4. The third-order valence-corrected chi connectivity index (χ3v) is 8.02. The zero-order valence-corrected chi connectivity index (χ0v) is 18.1. The lowest BCUT2D eigenvalue weighted by Gasteiger charge is -2.39. The number of para-hydroxylation sites is 1. The second-order valence-corrected chi connectivity index (χ2v) is 10.4. The number of carbonyl (C=O) groups excluding carboxylic acids is 1. The second kappa shape index (κ2) is 8.88. The molecule has 0 bridgehead atoms.